The van der Waals surface area contributed by atoms with Gasteiger partial charge < -0.3 is 4.84 Å². The minimum Gasteiger partial charge on any atom is -0.363 e. The lowest BCUT2D eigenvalue weighted by Gasteiger charge is -2.17. The quantitative estimate of drug-likeness (QED) is 0.541. The Bertz CT molecular complexity index is 234. The highest BCUT2D eigenvalue weighted by Crippen LogP contribution is 2.00. The van der Waals surface area contributed by atoms with Crippen LogP contribution in [-0.4, -0.2) is 10.4 Å². The molecule has 0 spiro atoms. The predicted octanol–water partition coefficient (Wildman–Crippen LogP) is 0.540. The Balaban J connectivity index is 2.72. The van der Waals surface area contributed by atoms with Crippen molar-refractivity contribution in [1.29, 1.82) is 0 Å². The zero-order valence-electron chi connectivity index (χ0n) is 7.53. The molecule has 11 heavy (non-hydrogen) atoms. The molecule has 1 aromatic heterocycles. The summed E-state index contributed by atoms with van der Waals surface area (Å²) in [5.74, 6) is 0. The van der Waals surface area contributed by atoms with Crippen LogP contribution in [-0.2, 0) is 7.05 Å². The van der Waals surface area contributed by atoms with Crippen LogP contribution in [0.25, 0.3) is 0 Å². The Morgan fingerprint density at radius 3 is 2.36 bits per heavy atom. The first-order chi connectivity index (χ1) is 4.99. The number of nitrogens with zero attached hydrogens (tertiary/aromatic N) is 2. The lowest BCUT2D eigenvalue weighted by atomic mass is 10.2. The van der Waals surface area contributed by atoms with E-state index in [1.54, 1.807) is 4.85 Å². The van der Waals surface area contributed by atoms with Crippen molar-refractivity contribution in [2.75, 3.05) is 0 Å². The largest absolute Gasteiger partial charge is 0.363 e. The van der Waals surface area contributed by atoms with Gasteiger partial charge in [0.15, 0.2) is 13.2 Å². The van der Waals surface area contributed by atoms with Crippen LogP contribution in [0.3, 0.4) is 0 Å². The maximum absolute atomic E-state index is 5.55. The summed E-state index contributed by atoms with van der Waals surface area (Å²) in [5.41, 5.74) is -0.142. The van der Waals surface area contributed by atoms with Crippen LogP contribution >= 0.6 is 0 Å². The lowest BCUT2D eigenvalue weighted by Crippen LogP contribution is -2.46. The summed E-state index contributed by atoms with van der Waals surface area (Å²) in [6, 6.07) is 1.94. The van der Waals surface area contributed by atoms with Crippen molar-refractivity contribution in [3.63, 3.8) is 0 Å². The molecule has 0 fully saturated rings. The van der Waals surface area contributed by atoms with Gasteiger partial charge in [0.2, 0.25) is 0 Å². The monoisotopic (exact) mass is 155 g/mol. The van der Waals surface area contributed by atoms with Crippen molar-refractivity contribution < 1.29 is 9.52 Å². The summed E-state index contributed by atoms with van der Waals surface area (Å²) in [6.45, 7) is 6.06. The molecule has 0 aromatic carbocycles. The van der Waals surface area contributed by atoms with E-state index in [0.29, 0.717) is 0 Å². The van der Waals surface area contributed by atoms with Gasteiger partial charge in [0.25, 0.3) is 0 Å². The molecule has 0 aliphatic heterocycles. The SMILES string of the molecule is C[n+]1cccn1OC(C)(C)C. The maximum Gasteiger partial charge on any atom is 0.198 e. The highest BCUT2D eigenvalue weighted by atomic mass is 16.7. The second-order valence-electron chi connectivity index (χ2n) is 3.57. The van der Waals surface area contributed by atoms with E-state index >= 15 is 0 Å². The van der Waals surface area contributed by atoms with E-state index < -0.39 is 0 Å². The van der Waals surface area contributed by atoms with Gasteiger partial charge in [-0.15, -0.1) is 0 Å². The van der Waals surface area contributed by atoms with Crippen molar-refractivity contribution >= 4 is 0 Å². The molecule has 0 N–H and O–H groups in total. The molecule has 0 bridgehead atoms. The highest BCUT2D eigenvalue weighted by Gasteiger charge is 2.15. The first-order valence-corrected chi connectivity index (χ1v) is 3.72. The van der Waals surface area contributed by atoms with Crippen LogP contribution in [0.5, 0.6) is 0 Å². The Morgan fingerprint density at radius 2 is 2.00 bits per heavy atom. The number of aromatic nitrogens is 2. The number of rotatable bonds is 1. The number of aryl methyl sites for hydroxylation is 1. The average Bonchev–Trinajstić information content (AvgIpc) is 2.12. The summed E-state index contributed by atoms with van der Waals surface area (Å²) in [7, 11) is 1.94. The summed E-state index contributed by atoms with van der Waals surface area (Å²) in [6.07, 6.45) is 3.82. The zero-order chi connectivity index (χ0) is 8.48. The third-order valence-electron chi connectivity index (χ3n) is 1.19. The van der Waals surface area contributed by atoms with Gasteiger partial charge in [0.1, 0.15) is 11.8 Å². The molecule has 62 valence electrons. The molecule has 0 amide bonds. The molecule has 3 nitrogen and oxygen atoms in total. The van der Waals surface area contributed by atoms with Crippen LogP contribution < -0.4 is 9.52 Å². The zero-order valence-corrected chi connectivity index (χ0v) is 7.53. The van der Waals surface area contributed by atoms with E-state index in [4.69, 9.17) is 4.84 Å². The molecule has 3 heteroatoms. The third kappa shape index (κ3) is 2.26. The van der Waals surface area contributed by atoms with Crippen molar-refractivity contribution in [2.24, 2.45) is 7.05 Å². The minimum absolute atomic E-state index is 0.142. The fourth-order valence-corrected chi connectivity index (χ4v) is 0.783. The first-order valence-electron chi connectivity index (χ1n) is 3.72. The third-order valence-corrected chi connectivity index (χ3v) is 1.19. The molecule has 0 aliphatic rings. The summed E-state index contributed by atoms with van der Waals surface area (Å²) >= 11 is 0. The van der Waals surface area contributed by atoms with Crippen molar-refractivity contribution in [3.8, 4) is 0 Å². The summed E-state index contributed by atoms with van der Waals surface area (Å²) in [5, 5.41) is 0. The molecular weight excluding hydrogens is 140 g/mol. The van der Waals surface area contributed by atoms with Crippen molar-refractivity contribution in [1.82, 2.24) is 4.85 Å². The van der Waals surface area contributed by atoms with Crippen molar-refractivity contribution in [3.05, 3.63) is 18.5 Å². The van der Waals surface area contributed by atoms with Gasteiger partial charge >= 0.3 is 0 Å². The smallest absolute Gasteiger partial charge is 0.198 e. The Morgan fingerprint density at radius 1 is 1.36 bits per heavy atom. The lowest BCUT2D eigenvalue weighted by molar-refractivity contribution is -0.781. The maximum atomic E-state index is 5.55. The molecular formula is C8H15N2O+. The predicted molar refractivity (Wildman–Crippen MR) is 41.9 cm³/mol. The fourth-order valence-electron chi connectivity index (χ4n) is 0.783. The Kier molecular flexibility index (Phi) is 1.89. The second kappa shape index (κ2) is 2.57. The normalized spacial score (nSPS) is 11.6. The van der Waals surface area contributed by atoms with Crippen LogP contribution in [0.15, 0.2) is 18.5 Å². The molecule has 0 aliphatic carbocycles. The van der Waals surface area contributed by atoms with Crippen LogP contribution in [0.2, 0.25) is 0 Å². The van der Waals surface area contributed by atoms with E-state index in [-0.39, 0.29) is 5.60 Å². The van der Waals surface area contributed by atoms with Crippen molar-refractivity contribution in [2.45, 2.75) is 26.4 Å². The van der Waals surface area contributed by atoms with E-state index in [1.807, 2.05) is 51.0 Å². The van der Waals surface area contributed by atoms with Crippen LogP contribution in [0, 0.1) is 0 Å². The van der Waals surface area contributed by atoms with Gasteiger partial charge in [-0.2, -0.15) is 0 Å². The number of hydrogen-bond acceptors (Lipinski definition) is 1. The average molecular weight is 155 g/mol. The standard InChI is InChI=1S/C8H15N2O/c1-8(2,3)11-10-7-5-6-9(10)4/h5-7H,1-4H3/q+1. The Labute approximate surface area is 67.1 Å². The van der Waals surface area contributed by atoms with E-state index in [9.17, 15) is 0 Å². The fraction of sp³-hybridized carbons (Fsp3) is 0.625. The summed E-state index contributed by atoms with van der Waals surface area (Å²) in [4.78, 5) is 7.26. The molecule has 1 rings (SSSR count). The van der Waals surface area contributed by atoms with Crippen LogP contribution in [0.4, 0.5) is 0 Å². The molecule has 0 saturated heterocycles. The molecule has 0 unspecified atom stereocenters. The first kappa shape index (κ1) is 8.11. The number of hydrogen-bond donors (Lipinski definition) is 0. The minimum atomic E-state index is -0.142. The summed E-state index contributed by atoms with van der Waals surface area (Å²) < 4.78 is 1.88. The highest BCUT2D eigenvalue weighted by molar-refractivity contribution is 4.70. The van der Waals surface area contributed by atoms with Gasteiger partial charge in [-0.3, -0.25) is 0 Å². The second-order valence-corrected chi connectivity index (χ2v) is 3.57. The van der Waals surface area contributed by atoms with E-state index in [2.05, 4.69) is 0 Å². The molecule has 1 aromatic rings. The van der Waals surface area contributed by atoms with E-state index in [0.717, 1.165) is 0 Å². The van der Waals surface area contributed by atoms with Crippen LogP contribution in [0.1, 0.15) is 20.8 Å². The molecule has 0 saturated carbocycles. The molecule has 0 radical (unpaired) electrons. The molecule has 0 atom stereocenters. The Hall–Kier alpha value is -0.990. The van der Waals surface area contributed by atoms with E-state index in [1.165, 1.54) is 0 Å². The topological polar surface area (TPSA) is 18.0 Å². The van der Waals surface area contributed by atoms with Gasteiger partial charge in [0, 0.05) is 10.9 Å². The molecule has 1 heterocycles. The van der Waals surface area contributed by atoms with Gasteiger partial charge in [-0.1, -0.05) is 4.68 Å². The van der Waals surface area contributed by atoms with Gasteiger partial charge in [-0.25, -0.2) is 0 Å². The van der Waals surface area contributed by atoms with Gasteiger partial charge in [0.05, 0.1) is 0 Å². The van der Waals surface area contributed by atoms with Gasteiger partial charge in [-0.05, 0) is 20.8 Å².